The summed E-state index contributed by atoms with van der Waals surface area (Å²) in [6.07, 6.45) is 0. The van der Waals surface area contributed by atoms with Crippen LogP contribution < -0.4 is 10.1 Å². The van der Waals surface area contributed by atoms with Crippen molar-refractivity contribution in [3.63, 3.8) is 0 Å². The zero-order valence-electron chi connectivity index (χ0n) is 14.0. The lowest BCUT2D eigenvalue weighted by Gasteiger charge is -2.25. The second-order valence-electron chi connectivity index (χ2n) is 5.75. The Balaban J connectivity index is 1.86. The summed E-state index contributed by atoms with van der Waals surface area (Å²) in [5.41, 5.74) is 2.20. The van der Waals surface area contributed by atoms with Gasteiger partial charge in [-0.3, -0.25) is 4.79 Å². The highest BCUT2D eigenvalue weighted by molar-refractivity contribution is 5.77. The number of hydrogen-bond acceptors (Lipinski definition) is 3. The van der Waals surface area contributed by atoms with Crippen LogP contribution in [0, 0.1) is 6.92 Å². The molecule has 0 bridgehead atoms. The Morgan fingerprint density at radius 1 is 1.09 bits per heavy atom. The summed E-state index contributed by atoms with van der Waals surface area (Å²) >= 11 is 0. The van der Waals surface area contributed by atoms with E-state index in [9.17, 15) is 4.79 Å². The molecule has 0 spiro atoms. The molecule has 1 atom stereocenters. The first-order valence-electron chi connectivity index (χ1n) is 7.74. The number of rotatable bonds is 7. The Labute approximate surface area is 138 Å². The minimum Gasteiger partial charge on any atom is -0.484 e. The minimum absolute atomic E-state index is 0.0276. The Bertz CT molecular complexity index is 626. The van der Waals surface area contributed by atoms with Crippen LogP contribution in [-0.2, 0) is 4.79 Å². The normalized spacial score (nSPS) is 12.0. The van der Waals surface area contributed by atoms with Gasteiger partial charge in [0.05, 0.1) is 6.04 Å². The standard InChI is InChI=1S/C19H24N2O2/c1-15-9-7-8-12-18(15)23-14-19(22)20-13-17(21(2)3)16-10-5-4-6-11-16/h4-12,17H,13-14H2,1-3H3,(H,20,22). The maximum atomic E-state index is 12.0. The number of hydrogen-bond donors (Lipinski definition) is 1. The Hall–Kier alpha value is -2.33. The van der Waals surface area contributed by atoms with Gasteiger partial charge in [0.25, 0.3) is 5.91 Å². The maximum Gasteiger partial charge on any atom is 0.258 e. The topological polar surface area (TPSA) is 41.6 Å². The summed E-state index contributed by atoms with van der Waals surface area (Å²) in [4.78, 5) is 14.1. The number of likely N-dealkylation sites (N-methyl/N-ethyl adjacent to an activating group) is 1. The predicted molar refractivity (Wildman–Crippen MR) is 92.6 cm³/mol. The smallest absolute Gasteiger partial charge is 0.258 e. The van der Waals surface area contributed by atoms with E-state index in [2.05, 4.69) is 22.3 Å². The van der Waals surface area contributed by atoms with E-state index in [-0.39, 0.29) is 18.6 Å². The molecule has 0 fully saturated rings. The van der Waals surface area contributed by atoms with Crippen LogP contribution in [0.2, 0.25) is 0 Å². The molecule has 0 aliphatic carbocycles. The van der Waals surface area contributed by atoms with Crippen LogP contribution in [0.5, 0.6) is 5.75 Å². The lowest BCUT2D eigenvalue weighted by molar-refractivity contribution is -0.123. The molecule has 2 aromatic carbocycles. The van der Waals surface area contributed by atoms with Crippen LogP contribution in [-0.4, -0.2) is 38.1 Å². The van der Waals surface area contributed by atoms with E-state index in [1.54, 1.807) is 0 Å². The molecule has 0 heterocycles. The van der Waals surface area contributed by atoms with Gasteiger partial charge in [0.15, 0.2) is 6.61 Å². The fourth-order valence-electron chi connectivity index (χ4n) is 2.40. The van der Waals surface area contributed by atoms with Gasteiger partial charge in [-0.1, -0.05) is 48.5 Å². The molecular weight excluding hydrogens is 288 g/mol. The minimum atomic E-state index is -0.115. The lowest BCUT2D eigenvalue weighted by Crippen LogP contribution is -2.36. The van der Waals surface area contributed by atoms with Crippen molar-refractivity contribution in [2.24, 2.45) is 0 Å². The van der Waals surface area contributed by atoms with Crippen LogP contribution in [0.25, 0.3) is 0 Å². The number of amides is 1. The van der Waals surface area contributed by atoms with Gasteiger partial charge in [-0.15, -0.1) is 0 Å². The first kappa shape index (κ1) is 17.0. The number of carbonyl (C=O) groups excluding carboxylic acids is 1. The number of nitrogens with zero attached hydrogens (tertiary/aromatic N) is 1. The fraction of sp³-hybridized carbons (Fsp3) is 0.316. The van der Waals surface area contributed by atoms with Crippen molar-refractivity contribution in [3.8, 4) is 5.75 Å². The number of nitrogens with one attached hydrogen (secondary N) is 1. The van der Waals surface area contributed by atoms with Crippen molar-refractivity contribution < 1.29 is 9.53 Å². The van der Waals surface area contributed by atoms with Crippen molar-refractivity contribution in [1.82, 2.24) is 10.2 Å². The number of para-hydroxylation sites is 1. The first-order chi connectivity index (χ1) is 11.1. The van der Waals surface area contributed by atoms with E-state index in [0.717, 1.165) is 11.3 Å². The summed E-state index contributed by atoms with van der Waals surface area (Å²) < 4.78 is 5.57. The van der Waals surface area contributed by atoms with Crippen molar-refractivity contribution in [3.05, 3.63) is 65.7 Å². The van der Waals surface area contributed by atoms with Crippen molar-refractivity contribution in [2.45, 2.75) is 13.0 Å². The summed E-state index contributed by atoms with van der Waals surface area (Å²) in [5.74, 6) is 0.630. The molecule has 0 saturated carbocycles. The monoisotopic (exact) mass is 312 g/mol. The molecule has 23 heavy (non-hydrogen) atoms. The third kappa shape index (κ3) is 5.11. The van der Waals surface area contributed by atoms with Crippen LogP contribution in [0.3, 0.4) is 0 Å². The van der Waals surface area contributed by atoms with Gasteiger partial charge in [0.1, 0.15) is 5.75 Å². The molecule has 2 aromatic rings. The quantitative estimate of drug-likeness (QED) is 0.855. The Kier molecular flexibility index (Phi) is 6.18. The SMILES string of the molecule is Cc1ccccc1OCC(=O)NCC(c1ccccc1)N(C)C. The van der Waals surface area contributed by atoms with E-state index < -0.39 is 0 Å². The van der Waals surface area contributed by atoms with Crippen LogP contribution in [0.1, 0.15) is 17.2 Å². The number of carbonyl (C=O) groups is 1. The highest BCUT2D eigenvalue weighted by Crippen LogP contribution is 2.17. The van der Waals surface area contributed by atoms with Gasteiger partial charge in [-0.05, 0) is 38.2 Å². The first-order valence-corrected chi connectivity index (χ1v) is 7.74. The van der Waals surface area contributed by atoms with E-state index in [1.807, 2.05) is 63.5 Å². The predicted octanol–water partition coefficient (Wildman–Crippen LogP) is 2.79. The molecule has 0 aliphatic rings. The molecule has 1 amide bonds. The molecule has 0 saturated heterocycles. The van der Waals surface area contributed by atoms with Gasteiger partial charge in [0.2, 0.25) is 0 Å². The highest BCUT2D eigenvalue weighted by Gasteiger charge is 2.15. The van der Waals surface area contributed by atoms with Crippen LogP contribution >= 0.6 is 0 Å². The molecular formula is C19H24N2O2. The average molecular weight is 312 g/mol. The van der Waals surface area contributed by atoms with Crippen LogP contribution in [0.4, 0.5) is 0 Å². The summed E-state index contributed by atoms with van der Waals surface area (Å²) in [6, 6.07) is 18.0. The van der Waals surface area contributed by atoms with Gasteiger partial charge in [0, 0.05) is 6.54 Å². The van der Waals surface area contributed by atoms with E-state index in [4.69, 9.17) is 4.74 Å². The summed E-state index contributed by atoms with van der Waals surface area (Å²) in [7, 11) is 4.02. The van der Waals surface area contributed by atoms with Gasteiger partial charge >= 0.3 is 0 Å². The van der Waals surface area contributed by atoms with Gasteiger partial charge in [-0.25, -0.2) is 0 Å². The number of ether oxygens (including phenoxy) is 1. The summed E-state index contributed by atoms with van der Waals surface area (Å²) in [5, 5.41) is 2.95. The van der Waals surface area contributed by atoms with E-state index in [1.165, 1.54) is 5.56 Å². The third-order valence-electron chi connectivity index (χ3n) is 3.75. The molecule has 2 rings (SSSR count). The number of aryl methyl sites for hydroxylation is 1. The fourth-order valence-corrected chi connectivity index (χ4v) is 2.40. The molecule has 0 aromatic heterocycles. The van der Waals surface area contributed by atoms with Crippen molar-refractivity contribution in [1.29, 1.82) is 0 Å². The van der Waals surface area contributed by atoms with Crippen molar-refractivity contribution >= 4 is 5.91 Å². The second kappa shape index (κ2) is 8.34. The molecule has 0 radical (unpaired) electrons. The average Bonchev–Trinajstić information content (AvgIpc) is 2.55. The maximum absolute atomic E-state index is 12.0. The van der Waals surface area contributed by atoms with Crippen LogP contribution in [0.15, 0.2) is 54.6 Å². The largest absolute Gasteiger partial charge is 0.484 e. The molecule has 4 heteroatoms. The van der Waals surface area contributed by atoms with Gasteiger partial charge < -0.3 is 15.0 Å². The zero-order valence-corrected chi connectivity index (χ0v) is 14.0. The summed E-state index contributed by atoms with van der Waals surface area (Å²) in [6.45, 7) is 2.54. The molecule has 4 nitrogen and oxygen atoms in total. The highest BCUT2D eigenvalue weighted by atomic mass is 16.5. The second-order valence-corrected chi connectivity index (χ2v) is 5.75. The van der Waals surface area contributed by atoms with E-state index in [0.29, 0.717) is 6.54 Å². The zero-order chi connectivity index (χ0) is 16.7. The molecule has 122 valence electrons. The molecule has 0 aliphatic heterocycles. The van der Waals surface area contributed by atoms with E-state index >= 15 is 0 Å². The molecule has 1 unspecified atom stereocenters. The Morgan fingerprint density at radius 2 is 1.74 bits per heavy atom. The molecule has 1 N–H and O–H groups in total. The Morgan fingerprint density at radius 3 is 2.39 bits per heavy atom. The van der Waals surface area contributed by atoms with Gasteiger partial charge in [-0.2, -0.15) is 0 Å². The lowest BCUT2D eigenvalue weighted by atomic mass is 10.1. The number of benzene rings is 2. The third-order valence-corrected chi connectivity index (χ3v) is 3.75. The van der Waals surface area contributed by atoms with Crippen molar-refractivity contribution in [2.75, 3.05) is 27.2 Å².